The smallest absolute Gasteiger partial charge is 0.234 e. The Labute approximate surface area is 126 Å². The number of nitrogens with zero attached hydrogens (tertiary/aromatic N) is 3. The number of nitrogens with two attached hydrogens (primary N) is 1. The van der Waals surface area contributed by atoms with Crippen molar-refractivity contribution in [1.82, 2.24) is 9.97 Å². The van der Waals surface area contributed by atoms with Crippen LogP contribution in [0.1, 0.15) is 11.3 Å². The summed E-state index contributed by atoms with van der Waals surface area (Å²) in [5, 5.41) is 12.1. The van der Waals surface area contributed by atoms with Gasteiger partial charge in [0.1, 0.15) is 11.9 Å². The topological polar surface area (TPSA) is 105 Å². The van der Waals surface area contributed by atoms with Crippen molar-refractivity contribution in [1.29, 1.82) is 5.26 Å². The van der Waals surface area contributed by atoms with E-state index in [4.69, 9.17) is 11.0 Å². The van der Waals surface area contributed by atoms with E-state index in [2.05, 4.69) is 15.3 Å². The van der Waals surface area contributed by atoms with Gasteiger partial charge in [0.05, 0.1) is 17.0 Å². The highest BCUT2D eigenvalue weighted by Crippen LogP contribution is 2.17. The van der Waals surface area contributed by atoms with Crippen LogP contribution in [-0.2, 0) is 4.79 Å². The minimum absolute atomic E-state index is 0.142. The molecular formula is C14H13N5OS. The van der Waals surface area contributed by atoms with E-state index < -0.39 is 0 Å². The van der Waals surface area contributed by atoms with Crippen LogP contribution < -0.4 is 11.1 Å². The molecule has 0 bridgehead atoms. The number of anilines is 2. The minimum Gasteiger partial charge on any atom is -0.384 e. The molecule has 0 saturated carbocycles. The van der Waals surface area contributed by atoms with Crippen LogP contribution in [0.25, 0.3) is 0 Å². The molecule has 2 rings (SSSR count). The third kappa shape index (κ3) is 4.19. The summed E-state index contributed by atoms with van der Waals surface area (Å²) in [6, 6.07) is 10.5. The second-order valence-electron chi connectivity index (χ2n) is 4.21. The molecule has 6 nitrogen and oxygen atoms in total. The lowest BCUT2D eigenvalue weighted by Crippen LogP contribution is -2.15. The van der Waals surface area contributed by atoms with E-state index in [1.165, 1.54) is 11.8 Å². The number of rotatable bonds is 4. The van der Waals surface area contributed by atoms with Gasteiger partial charge in [0, 0.05) is 11.8 Å². The van der Waals surface area contributed by atoms with Gasteiger partial charge in [-0.2, -0.15) is 5.26 Å². The molecule has 0 atom stereocenters. The van der Waals surface area contributed by atoms with Gasteiger partial charge >= 0.3 is 0 Å². The van der Waals surface area contributed by atoms with Crippen LogP contribution in [0, 0.1) is 18.3 Å². The fraction of sp³-hybridized carbons (Fsp3) is 0.143. The lowest BCUT2D eigenvalue weighted by atomic mass is 10.2. The summed E-state index contributed by atoms with van der Waals surface area (Å²) < 4.78 is 0. The lowest BCUT2D eigenvalue weighted by Gasteiger charge is -2.06. The molecule has 0 aliphatic heterocycles. The second-order valence-corrected chi connectivity index (χ2v) is 5.15. The summed E-state index contributed by atoms with van der Waals surface area (Å²) in [5.41, 5.74) is 7.30. The standard InChI is InChI=1S/C14H13N5OS/c1-9-6-12(16)19-14(17-9)21-8-13(20)18-11-5-3-2-4-10(11)7-15/h2-6H,8H2,1H3,(H,18,20)(H2,16,17,19). The van der Waals surface area contributed by atoms with Crippen LogP contribution >= 0.6 is 11.8 Å². The molecule has 0 saturated heterocycles. The molecule has 1 aromatic heterocycles. The maximum Gasteiger partial charge on any atom is 0.234 e. The van der Waals surface area contributed by atoms with Crippen molar-refractivity contribution in [3.63, 3.8) is 0 Å². The number of carbonyl (C=O) groups excluding carboxylic acids is 1. The number of nitrogen functional groups attached to an aromatic ring is 1. The number of nitrogens with one attached hydrogen (secondary N) is 1. The Bertz CT molecular complexity index is 691. The van der Waals surface area contributed by atoms with Gasteiger partial charge in [0.15, 0.2) is 5.16 Å². The maximum absolute atomic E-state index is 11.9. The van der Waals surface area contributed by atoms with Gasteiger partial charge < -0.3 is 11.1 Å². The quantitative estimate of drug-likeness (QED) is 0.660. The highest BCUT2D eigenvalue weighted by atomic mass is 32.2. The zero-order chi connectivity index (χ0) is 15.2. The van der Waals surface area contributed by atoms with E-state index in [1.807, 2.05) is 13.0 Å². The van der Waals surface area contributed by atoms with Gasteiger partial charge in [-0.25, -0.2) is 9.97 Å². The Hall–Kier alpha value is -2.59. The number of aromatic nitrogens is 2. The summed E-state index contributed by atoms with van der Waals surface area (Å²) in [6.45, 7) is 1.81. The molecule has 0 radical (unpaired) electrons. The Balaban J connectivity index is 1.98. The van der Waals surface area contributed by atoms with Crippen LogP contribution in [-0.4, -0.2) is 21.6 Å². The summed E-state index contributed by atoms with van der Waals surface area (Å²) in [6.07, 6.45) is 0. The Morgan fingerprint density at radius 2 is 2.19 bits per heavy atom. The molecule has 7 heteroatoms. The maximum atomic E-state index is 11.9. The van der Waals surface area contributed by atoms with Crippen molar-refractivity contribution >= 4 is 29.2 Å². The third-order valence-corrected chi connectivity index (χ3v) is 3.35. The summed E-state index contributed by atoms with van der Waals surface area (Å²) >= 11 is 1.19. The van der Waals surface area contributed by atoms with Gasteiger partial charge in [-0.05, 0) is 19.1 Å². The van der Waals surface area contributed by atoms with Gasteiger partial charge in [-0.1, -0.05) is 23.9 Å². The first kappa shape index (κ1) is 14.8. The number of benzene rings is 1. The van der Waals surface area contributed by atoms with Crippen LogP contribution in [0.4, 0.5) is 11.5 Å². The average molecular weight is 299 g/mol. The van der Waals surface area contributed by atoms with Crippen molar-refractivity contribution in [2.45, 2.75) is 12.1 Å². The van der Waals surface area contributed by atoms with E-state index in [0.717, 1.165) is 5.69 Å². The van der Waals surface area contributed by atoms with Crippen molar-refractivity contribution in [2.24, 2.45) is 0 Å². The predicted octanol–water partition coefficient (Wildman–Crippen LogP) is 1.97. The molecule has 0 spiro atoms. The first-order chi connectivity index (χ1) is 10.1. The lowest BCUT2D eigenvalue weighted by molar-refractivity contribution is -0.113. The van der Waals surface area contributed by atoms with Crippen molar-refractivity contribution < 1.29 is 4.79 Å². The number of hydrogen-bond acceptors (Lipinski definition) is 6. The van der Waals surface area contributed by atoms with Gasteiger partial charge in [-0.15, -0.1) is 0 Å². The number of amides is 1. The summed E-state index contributed by atoms with van der Waals surface area (Å²) in [4.78, 5) is 20.1. The SMILES string of the molecule is Cc1cc(N)nc(SCC(=O)Nc2ccccc2C#N)n1. The van der Waals surface area contributed by atoms with Crippen LogP contribution in [0.15, 0.2) is 35.5 Å². The molecule has 0 fully saturated rings. The van der Waals surface area contributed by atoms with E-state index in [-0.39, 0.29) is 11.7 Å². The molecule has 0 unspecified atom stereocenters. The zero-order valence-electron chi connectivity index (χ0n) is 11.3. The number of aryl methyl sites for hydroxylation is 1. The number of carbonyl (C=O) groups is 1. The zero-order valence-corrected chi connectivity index (χ0v) is 12.1. The number of thioether (sulfide) groups is 1. The highest BCUT2D eigenvalue weighted by molar-refractivity contribution is 7.99. The number of nitriles is 1. The van der Waals surface area contributed by atoms with Crippen LogP contribution in [0.5, 0.6) is 0 Å². The van der Waals surface area contributed by atoms with Gasteiger partial charge in [0.2, 0.25) is 5.91 Å². The normalized spacial score (nSPS) is 9.90. The molecule has 3 N–H and O–H groups in total. The minimum atomic E-state index is -0.230. The molecular weight excluding hydrogens is 286 g/mol. The van der Waals surface area contributed by atoms with E-state index in [0.29, 0.717) is 22.2 Å². The Morgan fingerprint density at radius 3 is 2.90 bits per heavy atom. The molecule has 106 valence electrons. The Kier molecular flexibility index (Phi) is 4.74. The third-order valence-electron chi connectivity index (χ3n) is 2.51. The first-order valence-electron chi connectivity index (χ1n) is 6.11. The van der Waals surface area contributed by atoms with Crippen molar-refractivity contribution in [3.05, 3.63) is 41.6 Å². The molecule has 0 aliphatic carbocycles. The largest absolute Gasteiger partial charge is 0.384 e. The predicted molar refractivity (Wildman–Crippen MR) is 81.7 cm³/mol. The monoisotopic (exact) mass is 299 g/mol. The van der Waals surface area contributed by atoms with Crippen molar-refractivity contribution in [3.8, 4) is 6.07 Å². The van der Waals surface area contributed by atoms with Gasteiger partial charge in [0.25, 0.3) is 0 Å². The summed E-state index contributed by atoms with van der Waals surface area (Å²) in [7, 11) is 0. The van der Waals surface area contributed by atoms with Crippen LogP contribution in [0.2, 0.25) is 0 Å². The fourth-order valence-electron chi connectivity index (χ4n) is 1.64. The van der Waals surface area contributed by atoms with E-state index in [1.54, 1.807) is 30.3 Å². The molecule has 1 aromatic carbocycles. The van der Waals surface area contributed by atoms with Crippen LogP contribution in [0.3, 0.4) is 0 Å². The number of para-hydroxylation sites is 1. The first-order valence-corrected chi connectivity index (χ1v) is 7.10. The molecule has 2 aromatic rings. The fourth-order valence-corrected chi connectivity index (χ4v) is 2.35. The van der Waals surface area contributed by atoms with E-state index >= 15 is 0 Å². The summed E-state index contributed by atoms with van der Waals surface area (Å²) in [5.74, 6) is 0.287. The average Bonchev–Trinajstić information content (AvgIpc) is 2.45. The highest BCUT2D eigenvalue weighted by Gasteiger charge is 2.08. The van der Waals surface area contributed by atoms with E-state index in [9.17, 15) is 4.79 Å². The molecule has 1 amide bonds. The Morgan fingerprint density at radius 1 is 1.43 bits per heavy atom. The number of hydrogen-bond donors (Lipinski definition) is 2. The molecule has 0 aliphatic rings. The van der Waals surface area contributed by atoms with Gasteiger partial charge in [-0.3, -0.25) is 4.79 Å². The second kappa shape index (κ2) is 6.72. The van der Waals surface area contributed by atoms with Crippen molar-refractivity contribution in [2.75, 3.05) is 16.8 Å². The molecule has 1 heterocycles. The molecule has 21 heavy (non-hydrogen) atoms.